The second kappa shape index (κ2) is 6.19. The minimum atomic E-state index is 0.197. The highest BCUT2D eigenvalue weighted by molar-refractivity contribution is 5.98. The fourth-order valence-electron chi connectivity index (χ4n) is 2.38. The van der Waals surface area contributed by atoms with Gasteiger partial charge in [0.25, 0.3) is 0 Å². The Labute approximate surface area is 124 Å². The summed E-state index contributed by atoms with van der Waals surface area (Å²) < 4.78 is 0. The molecule has 21 heavy (non-hydrogen) atoms. The van der Waals surface area contributed by atoms with Gasteiger partial charge in [0.2, 0.25) is 0 Å². The van der Waals surface area contributed by atoms with Gasteiger partial charge in [0.15, 0.2) is 5.78 Å². The van der Waals surface area contributed by atoms with E-state index in [0.29, 0.717) is 6.42 Å². The number of hydrogen-bond acceptors (Lipinski definition) is 1. The molecule has 3 aromatic carbocycles. The summed E-state index contributed by atoms with van der Waals surface area (Å²) in [4.78, 5) is 10.3. The summed E-state index contributed by atoms with van der Waals surface area (Å²) in [6, 6.07) is 21.4. The minimum absolute atomic E-state index is 0.197. The number of rotatable bonds is 0. The molecule has 0 fully saturated rings. The van der Waals surface area contributed by atoms with Crippen molar-refractivity contribution in [1.82, 2.24) is 0 Å². The molecular weight excluding hydrogens is 256 g/mol. The molecule has 0 N–H and O–H groups in total. The summed E-state index contributed by atoms with van der Waals surface area (Å²) in [6.45, 7) is 0. The largest absolute Gasteiger partial charge is 0.295 e. The maximum absolute atomic E-state index is 10.3. The van der Waals surface area contributed by atoms with Gasteiger partial charge in [-0.05, 0) is 39.8 Å². The van der Waals surface area contributed by atoms with Gasteiger partial charge in [0.05, 0.1) is 0 Å². The van der Waals surface area contributed by atoms with Crippen LogP contribution in [0.3, 0.4) is 0 Å². The van der Waals surface area contributed by atoms with Crippen molar-refractivity contribution in [2.24, 2.45) is 0 Å². The highest BCUT2D eigenvalue weighted by Crippen LogP contribution is 2.21. The van der Waals surface area contributed by atoms with E-state index in [-0.39, 0.29) is 5.78 Å². The molecule has 0 bridgehead atoms. The van der Waals surface area contributed by atoms with Gasteiger partial charge >= 0.3 is 0 Å². The summed E-state index contributed by atoms with van der Waals surface area (Å²) in [5, 5.41) is 5.25. The molecule has 1 nitrogen and oxygen atoms in total. The van der Waals surface area contributed by atoms with E-state index < -0.39 is 0 Å². The van der Waals surface area contributed by atoms with Crippen molar-refractivity contribution in [2.75, 3.05) is 0 Å². The molecule has 0 atom stereocenters. The third-order valence-corrected chi connectivity index (χ3v) is 3.46. The average Bonchev–Trinajstić information content (AvgIpc) is 2.54. The molecule has 0 amide bonds. The van der Waals surface area contributed by atoms with Gasteiger partial charge < -0.3 is 0 Å². The van der Waals surface area contributed by atoms with E-state index in [9.17, 15) is 4.79 Å². The van der Waals surface area contributed by atoms with Crippen LogP contribution in [-0.2, 0) is 4.79 Å². The Kier molecular flexibility index (Phi) is 3.92. The normalized spacial score (nSPS) is 13.2. The Balaban J connectivity index is 0.000000160. The predicted molar refractivity (Wildman–Crippen MR) is 89.4 cm³/mol. The zero-order valence-corrected chi connectivity index (χ0v) is 11.7. The molecule has 0 unspecified atom stereocenters. The van der Waals surface area contributed by atoms with Crippen molar-refractivity contribution in [2.45, 2.75) is 6.42 Å². The minimum Gasteiger partial charge on any atom is -0.295 e. The van der Waals surface area contributed by atoms with Crippen molar-refractivity contribution in [1.29, 1.82) is 0 Å². The van der Waals surface area contributed by atoms with Gasteiger partial charge in [-0.3, -0.25) is 4.79 Å². The van der Waals surface area contributed by atoms with Gasteiger partial charge in [-0.1, -0.05) is 66.8 Å². The van der Waals surface area contributed by atoms with Gasteiger partial charge in [0.1, 0.15) is 0 Å². The van der Waals surface area contributed by atoms with E-state index in [2.05, 4.69) is 60.7 Å². The topological polar surface area (TPSA) is 17.1 Å². The third kappa shape index (κ3) is 3.26. The number of hydrogen-bond donors (Lipinski definition) is 0. The van der Waals surface area contributed by atoms with Crippen LogP contribution < -0.4 is 0 Å². The SMILES string of the molecule is O=C1C=CC=CC1.c1ccc2cc3ccccc3cc2c1. The van der Waals surface area contributed by atoms with Crippen LogP contribution in [-0.4, -0.2) is 5.78 Å². The summed E-state index contributed by atoms with van der Waals surface area (Å²) in [5.74, 6) is 0.197. The number of ketones is 1. The fraction of sp³-hybridized carbons (Fsp3) is 0.0500. The van der Waals surface area contributed by atoms with E-state index in [0.717, 1.165) is 0 Å². The zero-order chi connectivity index (χ0) is 14.5. The molecule has 102 valence electrons. The second-order valence-electron chi connectivity index (χ2n) is 5.00. The van der Waals surface area contributed by atoms with Crippen molar-refractivity contribution in [3.8, 4) is 0 Å². The Morgan fingerprint density at radius 3 is 1.43 bits per heavy atom. The van der Waals surface area contributed by atoms with Gasteiger partial charge in [-0.15, -0.1) is 0 Å². The van der Waals surface area contributed by atoms with Crippen LogP contribution in [0.1, 0.15) is 6.42 Å². The first-order valence-electron chi connectivity index (χ1n) is 7.06. The Morgan fingerprint density at radius 1 is 0.667 bits per heavy atom. The first kappa shape index (κ1) is 13.3. The molecular formula is C20H16O. The molecule has 0 spiro atoms. The molecule has 0 aliphatic heterocycles. The Hall–Kier alpha value is -2.67. The van der Waals surface area contributed by atoms with Crippen molar-refractivity contribution in [3.05, 3.63) is 85.0 Å². The van der Waals surface area contributed by atoms with Gasteiger partial charge in [-0.25, -0.2) is 0 Å². The lowest BCUT2D eigenvalue weighted by Gasteiger charge is -2.00. The van der Waals surface area contributed by atoms with Crippen molar-refractivity contribution in [3.63, 3.8) is 0 Å². The highest BCUT2D eigenvalue weighted by Gasteiger charge is 1.95. The summed E-state index contributed by atoms with van der Waals surface area (Å²) >= 11 is 0. The Bertz CT molecular complexity index is 735. The summed E-state index contributed by atoms with van der Waals surface area (Å²) in [6.07, 6.45) is 7.64. The monoisotopic (exact) mass is 272 g/mol. The molecule has 1 heteroatoms. The van der Waals surface area contributed by atoms with Crippen LogP contribution in [0.4, 0.5) is 0 Å². The molecule has 1 aliphatic carbocycles. The first-order chi connectivity index (χ1) is 10.3. The molecule has 1 aliphatic rings. The van der Waals surface area contributed by atoms with E-state index in [4.69, 9.17) is 0 Å². The molecule has 4 rings (SSSR count). The lowest BCUT2D eigenvalue weighted by Crippen LogP contribution is -1.90. The van der Waals surface area contributed by atoms with Crippen LogP contribution in [0.15, 0.2) is 85.0 Å². The smallest absolute Gasteiger partial charge is 0.159 e. The van der Waals surface area contributed by atoms with E-state index in [1.54, 1.807) is 12.2 Å². The second-order valence-corrected chi connectivity index (χ2v) is 5.00. The maximum Gasteiger partial charge on any atom is 0.159 e. The molecule has 0 heterocycles. The molecule has 0 saturated heterocycles. The van der Waals surface area contributed by atoms with Crippen LogP contribution in [0, 0.1) is 0 Å². The highest BCUT2D eigenvalue weighted by atomic mass is 16.1. The maximum atomic E-state index is 10.3. The number of benzene rings is 3. The zero-order valence-electron chi connectivity index (χ0n) is 11.7. The van der Waals surface area contributed by atoms with Crippen LogP contribution in [0.25, 0.3) is 21.5 Å². The van der Waals surface area contributed by atoms with Crippen molar-refractivity contribution < 1.29 is 4.79 Å². The predicted octanol–water partition coefficient (Wildman–Crippen LogP) is 5.06. The lowest BCUT2D eigenvalue weighted by atomic mass is 10.0. The van der Waals surface area contributed by atoms with Crippen LogP contribution >= 0.6 is 0 Å². The quantitative estimate of drug-likeness (QED) is 0.522. The standard InChI is InChI=1S/C14H10.C6H6O/c1-2-6-12-10-14-8-4-3-7-13(14)9-11(12)5-1;7-6-4-2-1-3-5-6/h1-10H;1-4H,5H2. The molecule has 3 aromatic rings. The van der Waals surface area contributed by atoms with E-state index >= 15 is 0 Å². The number of fused-ring (bicyclic) bond motifs is 2. The summed E-state index contributed by atoms with van der Waals surface area (Å²) in [5.41, 5.74) is 0. The number of carbonyl (C=O) groups is 1. The van der Waals surface area contributed by atoms with Crippen LogP contribution in [0.5, 0.6) is 0 Å². The van der Waals surface area contributed by atoms with E-state index in [1.165, 1.54) is 21.5 Å². The van der Waals surface area contributed by atoms with Gasteiger partial charge in [-0.2, -0.15) is 0 Å². The number of allylic oxidation sites excluding steroid dienone is 4. The first-order valence-corrected chi connectivity index (χ1v) is 7.06. The molecule has 0 radical (unpaired) electrons. The summed E-state index contributed by atoms with van der Waals surface area (Å²) in [7, 11) is 0. The fourth-order valence-corrected chi connectivity index (χ4v) is 2.38. The lowest BCUT2D eigenvalue weighted by molar-refractivity contribution is -0.113. The molecule has 0 saturated carbocycles. The van der Waals surface area contributed by atoms with Gasteiger partial charge in [0, 0.05) is 6.42 Å². The molecule has 0 aromatic heterocycles. The third-order valence-electron chi connectivity index (χ3n) is 3.46. The average molecular weight is 272 g/mol. The number of carbonyl (C=O) groups excluding carboxylic acids is 1. The van der Waals surface area contributed by atoms with E-state index in [1.807, 2.05) is 12.2 Å². The van der Waals surface area contributed by atoms with Crippen LogP contribution in [0.2, 0.25) is 0 Å². The van der Waals surface area contributed by atoms with Crippen molar-refractivity contribution >= 4 is 27.3 Å². The Morgan fingerprint density at radius 2 is 1.14 bits per heavy atom.